The van der Waals surface area contributed by atoms with Crippen LogP contribution in [0.5, 0.6) is 0 Å². The van der Waals surface area contributed by atoms with Crippen molar-refractivity contribution in [2.45, 2.75) is 4.90 Å². The van der Waals surface area contributed by atoms with Gasteiger partial charge >= 0.3 is 0 Å². The average Bonchev–Trinajstić information content (AvgIpc) is 3.49. The molecule has 2 amide bonds. The van der Waals surface area contributed by atoms with E-state index >= 15 is 0 Å². The monoisotopic (exact) mass is 477 g/mol. The third kappa shape index (κ3) is 6.40. The first-order chi connectivity index (χ1) is 15.7. The molecule has 0 saturated heterocycles. The fourth-order valence-electron chi connectivity index (χ4n) is 2.76. The van der Waals surface area contributed by atoms with Crippen LogP contribution in [0.3, 0.4) is 0 Å². The lowest BCUT2D eigenvalue weighted by Gasteiger charge is -2.06. The summed E-state index contributed by atoms with van der Waals surface area (Å²) in [5, 5.41) is 10.2. The Labute approximate surface area is 198 Å². The second-order valence-electron chi connectivity index (χ2n) is 6.61. The molecule has 4 rings (SSSR count). The van der Waals surface area contributed by atoms with Gasteiger partial charge in [0.05, 0.1) is 16.3 Å². The molecule has 5 nitrogen and oxygen atoms in total. The Balaban J connectivity index is 1.27. The molecule has 0 atom stereocenters. The molecule has 8 heteroatoms. The van der Waals surface area contributed by atoms with Gasteiger partial charge in [-0.15, -0.1) is 34.4 Å². The van der Waals surface area contributed by atoms with E-state index in [1.54, 1.807) is 17.4 Å². The average molecular weight is 478 g/mol. The van der Waals surface area contributed by atoms with Crippen molar-refractivity contribution in [1.29, 1.82) is 0 Å². The number of benzene rings is 2. The summed E-state index contributed by atoms with van der Waals surface area (Å²) in [6.45, 7) is 0. The first kappa shape index (κ1) is 22.0. The van der Waals surface area contributed by atoms with Crippen LogP contribution in [0.4, 0.5) is 10.8 Å². The van der Waals surface area contributed by atoms with E-state index in [-0.39, 0.29) is 17.6 Å². The summed E-state index contributed by atoms with van der Waals surface area (Å²) in [5.41, 5.74) is 2.51. The predicted octanol–water partition coefficient (Wildman–Crippen LogP) is 6.25. The number of carbonyl (C=O) groups excluding carboxylic acids is 2. The minimum absolute atomic E-state index is 0.123. The van der Waals surface area contributed by atoms with Gasteiger partial charge < -0.3 is 10.6 Å². The maximum atomic E-state index is 12.3. The molecule has 0 radical (unpaired) electrons. The minimum Gasteiger partial charge on any atom is -0.322 e. The standard InChI is InChI=1S/C24H19N3O2S3/c28-22(12-11-17-6-2-1-3-7-17)25-18-8-4-9-19(14-18)31-16-23(29)27-24-26-20(15-32-24)21-10-5-13-30-21/h1-15H,16H2,(H,25,28)(H,26,27,29)/b12-11+. The third-order valence-corrected chi connectivity index (χ3v) is 6.87. The molecule has 160 valence electrons. The van der Waals surface area contributed by atoms with Crippen LogP contribution in [0, 0.1) is 0 Å². The maximum absolute atomic E-state index is 12.3. The Morgan fingerprint density at radius 1 is 0.969 bits per heavy atom. The second kappa shape index (κ2) is 10.9. The molecule has 2 N–H and O–H groups in total. The van der Waals surface area contributed by atoms with Crippen molar-refractivity contribution >= 4 is 63.1 Å². The topological polar surface area (TPSA) is 71.1 Å². The number of amides is 2. The van der Waals surface area contributed by atoms with Gasteiger partial charge in [0, 0.05) is 22.0 Å². The Morgan fingerprint density at radius 2 is 1.84 bits per heavy atom. The molecule has 32 heavy (non-hydrogen) atoms. The molecule has 0 aliphatic rings. The Morgan fingerprint density at radius 3 is 2.66 bits per heavy atom. The lowest BCUT2D eigenvalue weighted by atomic mass is 10.2. The molecule has 0 aliphatic carbocycles. The number of nitrogens with zero attached hydrogens (tertiary/aromatic N) is 1. The fourth-order valence-corrected chi connectivity index (χ4v) is 5.00. The molecule has 0 bridgehead atoms. The maximum Gasteiger partial charge on any atom is 0.248 e. The molecule has 4 aromatic rings. The van der Waals surface area contributed by atoms with Gasteiger partial charge in [0.15, 0.2) is 5.13 Å². The van der Waals surface area contributed by atoms with E-state index in [1.165, 1.54) is 29.2 Å². The lowest BCUT2D eigenvalue weighted by molar-refractivity contribution is -0.114. The van der Waals surface area contributed by atoms with Crippen LogP contribution in [0.2, 0.25) is 0 Å². The van der Waals surface area contributed by atoms with Gasteiger partial charge in [-0.1, -0.05) is 42.5 Å². The van der Waals surface area contributed by atoms with Crippen LogP contribution in [0.15, 0.2) is 88.5 Å². The van der Waals surface area contributed by atoms with Gasteiger partial charge in [-0.05, 0) is 41.3 Å². The molecular weight excluding hydrogens is 458 g/mol. The number of aromatic nitrogens is 1. The summed E-state index contributed by atoms with van der Waals surface area (Å²) >= 11 is 4.43. The molecule has 0 saturated carbocycles. The van der Waals surface area contributed by atoms with Gasteiger partial charge in [0.2, 0.25) is 11.8 Å². The molecular formula is C24H19N3O2S3. The van der Waals surface area contributed by atoms with Crippen LogP contribution in [0.25, 0.3) is 16.6 Å². The van der Waals surface area contributed by atoms with E-state index < -0.39 is 0 Å². The number of rotatable bonds is 8. The summed E-state index contributed by atoms with van der Waals surface area (Å²) in [6.07, 6.45) is 3.27. The van der Waals surface area contributed by atoms with Crippen LogP contribution in [-0.4, -0.2) is 22.6 Å². The van der Waals surface area contributed by atoms with Gasteiger partial charge in [0.1, 0.15) is 0 Å². The lowest BCUT2D eigenvalue weighted by Crippen LogP contribution is -2.13. The number of thiazole rings is 1. The number of thiophene rings is 1. The highest BCUT2D eigenvalue weighted by Gasteiger charge is 2.09. The zero-order chi connectivity index (χ0) is 22.2. The number of carbonyl (C=O) groups is 2. The number of hydrogen-bond acceptors (Lipinski definition) is 6. The number of anilines is 2. The highest BCUT2D eigenvalue weighted by Crippen LogP contribution is 2.28. The summed E-state index contributed by atoms with van der Waals surface area (Å²) in [7, 11) is 0. The SMILES string of the molecule is O=C(/C=C/c1ccccc1)Nc1cccc(SCC(=O)Nc2nc(-c3cccs3)cs2)c1. The van der Waals surface area contributed by atoms with E-state index in [4.69, 9.17) is 0 Å². The van der Waals surface area contributed by atoms with E-state index in [0.29, 0.717) is 10.8 Å². The molecule has 2 aromatic heterocycles. The van der Waals surface area contributed by atoms with E-state index in [9.17, 15) is 9.59 Å². The fraction of sp³-hybridized carbons (Fsp3) is 0.0417. The Kier molecular flexibility index (Phi) is 7.50. The molecule has 0 aliphatic heterocycles. The summed E-state index contributed by atoms with van der Waals surface area (Å²) in [5.74, 6) is -0.0828. The van der Waals surface area contributed by atoms with Crippen LogP contribution in [0.1, 0.15) is 5.56 Å². The van der Waals surface area contributed by atoms with Gasteiger partial charge in [-0.25, -0.2) is 4.98 Å². The van der Waals surface area contributed by atoms with Crippen molar-refractivity contribution in [2.24, 2.45) is 0 Å². The molecule has 0 unspecified atom stereocenters. The molecule has 2 aromatic carbocycles. The highest BCUT2D eigenvalue weighted by atomic mass is 32.2. The van der Waals surface area contributed by atoms with Crippen LogP contribution >= 0.6 is 34.4 Å². The summed E-state index contributed by atoms with van der Waals surface area (Å²) < 4.78 is 0. The zero-order valence-corrected chi connectivity index (χ0v) is 19.3. The quantitative estimate of drug-likeness (QED) is 0.232. The van der Waals surface area contributed by atoms with Crippen LogP contribution in [-0.2, 0) is 9.59 Å². The molecule has 2 heterocycles. The Hall–Kier alpha value is -3.20. The van der Waals surface area contributed by atoms with Gasteiger partial charge in [-0.3, -0.25) is 9.59 Å². The van der Waals surface area contributed by atoms with Gasteiger partial charge in [0.25, 0.3) is 0 Å². The van der Waals surface area contributed by atoms with Crippen LogP contribution < -0.4 is 10.6 Å². The van der Waals surface area contributed by atoms with E-state index in [1.807, 2.05) is 77.5 Å². The molecule has 0 fully saturated rings. The van der Waals surface area contributed by atoms with Crippen molar-refractivity contribution in [3.05, 3.63) is 89.1 Å². The minimum atomic E-state index is -0.209. The van der Waals surface area contributed by atoms with Gasteiger partial charge in [-0.2, -0.15) is 0 Å². The number of hydrogen-bond donors (Lipinski definition) is 2. The highest BCUT2D eigenvalue weighted by molar-refractivity contribution is 8.00. The van der Waals surface area contributed by atoms with Crippen molar-refractivity contribution < 1.29 is 9.59 Å². The first-order valence-electron chi connectivity index (χ1n) is 9.72. The van der Waals surface area contributed by atoms with Crippen molar-refractivity contribution in [1.82, 2.24) is 4.98 Å². The summed E-state index contributed by atoms with van der Waals surface area (Å²) in [6, 6.07) is 21.1. The summed E-state index contributed by atoms with van der Waals surface area (Å²) in [4.78, 5) is 30.9. The zero-order valence-electron chi connectivity index (χ0n) is 16.9. The van der Waals surface area contributed by atoms with Crippen molar-refractivity contribution in [2.75, 3.05) is 16.4 Å². The van der Waals surface area contributed by atoms with Crippen molar-refractivity contribution in [3.8, 4) is 10.6 Å². The van der Waals surface area contributed by atoms with Crippen molar-refractivity contribution in [3.63, 3.8) is 0 Å². The first-order valence-corrected chi connectivity index (χ1v) is 12.5. The Bertz CT molecular complexity index is 1220. The number of thioether (sulfide) groups is 1. The normalized spacial score (nSPS) is 10.9. The second-order valence-corrected chi connectivity index (χ2v) is 9.47. The predicted molar refractivity (Wildman–Crippen MR) is 135 cm³/mol. The van der Waals surface area contributed by atoms with E-state index in [0.717, 1.165) is 21.0 Å². The third-order valence-electron chi connectivity index (χ3n) is 4.22. The smallest absolute Gasteiger partial charge is 0.248 e. The van der Waals surface area contributed by atoms with E-state index in [2.05, 4.69) is 15.6 Å². The largest absolute Gasteiger partial charge is 0.322 e. The number of nitrogens with one attached hydrogen (secondary N) is 2. The molecule has 0 spiro atoms.